The van der Waals surface area contributed by atoms with E-state index in [0.717, 1.165) is 67.2 Å². The van der Waals surface area contributed by atoms with Crippen LogP contribution in [0.15, 0.2) is 206 Å². The van der Waals surface area contributed by atoms with Crippen molar-refractivity contribution in [2.45, 2.75) is 19.3 Å². The summed E-state index contributed by atoms with van der Waals surface area (Å²) in [5.41, 5.74) is 14.0. The third kappa shape index (κ3) is 5.41. The predicted molar refractivity (Wildman–Crippen MR) is 260 cm³/mol. The molecule has 298 valence electrons. The Kier molecular flexibility index (Phi) is 7.62. The second kappa shape index (κ2) is 13.5. The Morgan fingerprint density at radius 1 is 0.413 bits per heavy atom. The van der Waals surface area contributed by atoms with Gasteiger partial charge in [-0.15, -0.1) is 0 Å². The number of hydrogen-bond donors (Lipinski definition) is 0. The van der Waals surface area contributed by atoms with Crippen LogP contribution < -0.4 is 14.4 Å². The molecule has 2 heterocycles. The smallest absolute Gasteiger partial charge is 0.194 e. The van der Waals surface area contributed by atoms with Crippen molar-refractivity contribution < 1.29 is 9.47 Å². The third-order valence-electron chi connectivity index (χ3n) is 13.4. The highest BCUT2D eigenvalue weighted by Crippen LogP contribution is 2.53. The summed E-state index contributed by atoms with van der Waals surface area (Å²) in [6, 6.07) is 74.3. The first-order valence-corrected chi connectivity index (χ1v) is 21.7. The molecule has 0 unspecified atom stereocenters. The Morgan fingerprint density at radius 3 is 1.92 bits per heavy atom. The minimum atomic E-state index is -0.121. The zero-order valence-corrected chi connectivity index (χ0v) is 34.8. The highest BCUT2D eigenvalue weighted by atomic mass is 16.6. The molecule has 4 heteroatoms. The lowest BCUT2D eigenvalue weighted by Gasteiger charge is -2.28. The molecule has 1 aliphatic carbocycles. The molecule has 0 N–H and O–H groups in total. The first-order valence-electron chi connectivity index (χ1n) is 21.7. The summed E-state index contributed by atoms with van der Waals surface area (Å²) in [6.07, 6.45) is 0. The molecular formula is C59H40N2O2. The van der Waals surface area contributed by atoms with Gasteiger partial charge in [-0.1, -0.05) is 141 Å². The molecule has 0 fully saturated rings. The second-order valence-corrected chi connectivity index (χ2v) is 17.3. The Balaban J connectivity index is 0.950. The summed E-state index contributed by atoms with van der Waals surface area (Å²) >= 11 is 0. The molecule has 0 atom stereocenters. The van der Waals surface area contributed by atoms with Crippen molar-refractivity contribution in [3.05, 3.63) is 217 Å². The number of benzene rings is 10. The Morgan fingerprint density at radius 2 is 1.05 bits per heavy atom. The molecule has 0 radical (unpaired) electrons. The molecule has 10 aromatic carbocycles. The van der Waals surface area contributed by atoms with E-state index in [1.807, 2.05) is 30.3 Å². The van der Waals surface area contributed by atoms with Gasteiger partial charge in [0.15, 0.2) is 23.0 Å². The molecule has 0 bridgehead atoms. The maximum atomic E-state index is 6.65. The number of fused-ring (bicyclic) bond motifs is 12. The highest BCUT2D eigenvalue weighted by molar-refractivity contribution is 6.13. The first-order chi connectivity index (χ1) is 31.0. The van der Waals surface area contributed by atoms with E-state index < -0.39 is 0 Å². The van der Waals surface area contributed by atoms with Crippen LogP contribution in [0.3, 0.4) is 0 Å². The van der Waals surface area contributed by atoms with Gasteiger partial charge in [0.1, 0.15) is 5.52 Å². The molecule has 2 aliphatic rings. The maximum absolute atomic E-state index is 6.65. The van der Waals surface area contributed by atoms with E-state index in [0.29, 0.717) is 11.5 Å². The summed E-state index contributed by atoms with van der Waals surface area (Å²) in [4.78, 5) is 2.41. The fourth-order valence-electron chi connectivity index (χ4n) is 10.3. The average Bonchev–Trinajstić information content (AvgIpc) is 3.79. The lowest BCUT2D eigenvalue weighted by Crippen LogP contribution is -2.16. The molecular weight excluding hydrogens is 769 g/mol. The summed E-state index contributed by atoms with van der Waals surface area (Å²) in [6.45, 7) is 4.70. The molecule has 4 nitrogen and oxygen atoms in total. The van der Waals surface area contributed by atoms with Crippen molar-refractivity contribution in [1.29, 1.82) is 0 Å². The zero-order chi connectivity index (χ0) is 41.8. The number of para-hydroxylation sites is 3. The van der Waals surface area contributed by atoms with Gasteiger partial charge in [0.25, 0.3) is 0 Å². The average molecular weight is 809 g/mol. The molecule has 0 saturated carbocycles. The molecule has 11 aromatic rings. The topological polar surface area (TPSA) is 26.6 Å². The molecule has 0 spiro atoms. The van der Waals surface area contributed by atoms with Crippen LogP contribution in [0.1, 0.15) is 25.0 Å². The van der Waals surface area contributed by atoms with Crippen LogP contribution >= 0.6 is 0 Å². The van der Waals surface area contributed by atoms with Gasteiger partial charge >= 0.3 is 0 Å². The molecule has 1 aliphatic heterocycles. The van der Waals surface area contributed by atoms with Gasteiger partial charge in [-0.3, -0.25) is 0 Å². The first kappa shape index (κ1) is 35.7. The number of aromatic nitrogens is 1. The predicted octanol–water partition coefficient (Wildman–Crippen LogP) is 16.4. The van der Waals surface area contributed by atoms with Gasteiger partial charge in [0.2, 0.25) is 0 Å². The van der Waals surface area contributed by atoms with Crippen LogP contribution in [0, 0.1) is 0 Å². The van der Waals surface area contributed by atoms with Crippen molar-refractivity contribution in [3.8, 4) is 50.9 Å². The van der Waals surface area contributed by atoms with Crippen molar-refractivity contribution in [2.24, 2.45) is 0 Å². The highest BCUT2D eigenvalue weighted by Gasteiger charge is 2.36. The number of anilines is 3. The van der Waals surface area contributed by atoms with Gasteiger partial charge < -0.3 is 18.9 Å². The van der Waals surface area contributed by atoms with E-state index in [9.17, 15) is 0 Å². The van der Waals surface area contributed by atoms with E-state index in [-0.39, 0.29) is 5.41 Å². The Bertz CT molecular complexity index is 3660. The van der Waals surface area contributed by atoms with Crippen molar-refractivity contribution in [1.82, 2.24) is 4.57 Å². The normalized spacial score (nSPS) is 13.3. The van der Waals surface area contributed by atoms with Crippen molar-refractivity contribution in [2.75, 3.05) is 4.90 Å². The SMILES string of the molecule is CC1(C)c2ccccc2-c2ccc(N(c3ccc(-c4ccc5c6ccc7c(c6n(-c6ccccc6)c5c4)Oc4ccccc4O7)cc3)c3ccc4c(ccc5ccccc54)c3)cc21. The fourth-order valence-corrected chi connectivity index (χ4v) is 10.3. The lowest BCUT2D eigenvalue weighted by molar-refractivity contribution is 0.362. The Hall–Kier alpha value is -8.08. The third-order valence-corrected chi connectivity index (χ3v) is 13.4. The van der Waals surface area contributed by atoms with Gasteiger partial charge in [0.05, 0.1) is 5.52 Å². The largest absolute Gasteiger partial charge is 0.449 e. The minimum Gasteiger partial charge on any atom is -0.449 e. The van der Waals surface area contributed by atoms with Crippen molar-refractivity contribution >= 4 is 60.4 Å². The lowest BCUT2D eigenvalue weighted by atomic mass is 9.82. The van der Waals surface area contributed by atoms with E-state index in [1.54, 1.807) is 0 Å². The van der Waals surface area contributed by atoms with Crippen LogP contribution in [0.5, 0.6) is 23.0 Å². The van der Waals surface area contributed by atoms with E-state index >= 15 is 0 Å². The summed E-state index contributed by atoms with van der Waals surface area (Å²) in [7, 11) is 0. The van der Waals surface area contributed by atoms with Crippen LogP contribution in [0.2, 0.25) is 0 Å². The Labute approximate surface area is 365 Å². The summed E-state index contributed by atoms with van der Waals surface area (Å²) in [5.74, 6) is 2.86. The summed E-state index contributed by atoms with van der Waals surface area (Å²) in [5, 5.41) is 7.24. The fraction of sp³-hybridized carbons (Fsp3) is 0.0508. The molecule has 13 rings (SSSR count). The van der Waals surface area contributed by atoms with Gasteiger partial charge in [-0.2, -0.15) is 0 Å². The van der Waals surface area contributed by atoms with Crippen LogP contribution in [-0.2, 0) is 5.41 Å². The zero-order valence-electron chi connectivity index (χ0n) is 34.8. The van der Waals surface area contributed by atoms with E-state index in [2.05, 4.69) is 199 Å². The quantitative estimate of drug-likeness (QED) is 0.162. The van der Waals surface area contributed by atoms with E-state index in [4.69, 9.17) is 9.47 Å². The van der Waals surface area contributed by atoms with Gasteiger partial charge in [-0.05, 0) is 134 Å². The van der Waals surface area contributed by atoms with Crippen LogP contribution in [0.25, 0.3) is 71.3 Å². The molecule has 0 amide bonds. The number of ether oxygens (including phenoxy) is 2. The van der Waals surface area contributed by atoms with Gasteiger partial charge in [0, 0.05) is 38.9 Å². The van der Waals surface area contributed by atoms with Gasteiger partial charge in [-0.25, -0.2) is 0 Å². The second-order valence-electron chi connectivity index (χ2n) is 17.3. The number of rotatable bonds is 5. The summed E-state index contributed by atoms with van der Waals surface area (Å²) < 4.78 is 15.4. The molecule has 63 heavy (non-hydrogen) atoms. The van der Waals surface area contributed by atoms with Crippen LogP contribution in [0.4, 0.5) is 17.1 Å². The monoisotopic (exact) mass is 808 g/mol. The van der Waals surface area contributed by atoms with E-state index in [1.165, 1.54) is 43.8 Å². The number of hydrogen-bond acceptors (Lipinski definition) is 3. The van der Waals surface area contributed by atoms with Crippen LogP contribution in [-0.4, -0.2) is 4.57 Å². The molecule has 0 saturated heterocycles. The standard InChI is InChI=1S/C59H40N2O2/c1-59(2)51-17-9-8-16-47(51)48-31-28-44(36-52(48)59)60(43-27-30-46-40(34-43)21-20-38-12-6-7-15-45(38)46)42-25-22-37(23-26-42)39-24-29-49-50-32-33-56-58(63-55-19-11-10-18-54(55)62-56)57(50)61(53(49)35-39)41-13-4-3-5-14-41/h3-36H,1-2H3. The number of nitrogens with zero attached hydrogens (tertiary/aromatic N) is 2. The maximum Gasteiger partial charge on any atom is 0.194 e. The van der Waals surface area contributed by atoms with Crippen molar-refractivity contribution in [3.63, 3.8) is 0 Å². The minimum absolute atomic E-state index is 0.121. The molecule has 1 aromatic heterocycles.